The highest BCUT2D eigenvalue weighted by molar-refractivity contribution is 6.11. The first-order valence-electron chi connectivity index (χ1n) is 13.6. The second kappa shape index (κ2) is 10.1. The minimum atomic E-state index is -4.63. The summed E-state index contributed by atoms with van der Waals surface area (Å²) >= 11 is 0. The molecule has 5 nitrogen and oxygen atoms in total. The lowest BCUT2D eigenvalue weighted by Crippen LogP contribution is -2.64. The van der Waals surface area contributed by atoms with Crippen LogP contribution in [0, 0.1) is 0 Å². The number of alkyl halides is 6. The molecule has 3 heterocycles. The SMILES string of the molecule is O=C(C1=Cc2ccccc2C2NN3C(c4cccc(C(F)(F)F)c4)=Cc4ccccc4C3NN12)c1cccc(C(F)(F)F)c1. The Bertz CT molecular complexity index is 1860. The quantitative estimate of drug-likeness (QED) is 0.185. The van der Waals surface area contributed by atoms with Crippen LogP contribution in [-0.4, -0.2) is 15.8 Å². The lowest BCUT2D eigenvalue weighted by Gasteiger charge is -2.53. The third kappa shape index (κ3) is 4.74. The molecule has 4 aromatic rings. The van der Waals surface area contributed by atoms with E-state index in [1.807, 2.05) is 36.4 Å². The predicted octanol–water partition coefficient (Wildman–Crippen LogP) is 7.80. The molecule has 0 radical (unpaired) electrons. The number of halogens is 6. The molecule has 0 spiro atoms. The summed E-state index contributed by atoms with van der Waals surface area (Å²) < 4.78 is 81.5. The van der Waals surface area contributed by atoms with Gasteiger partial charge in [-0.3, -0.25) is 14.8 Å². The highest BCUT2D eigenvalue weighted by atomic mass is 19.4. The maximum atomic E-state index is 13.9. The molecule has 4 aromatic carbocycles. The highest BCUT2D eigenvalue weighted by Crippen LogP contribution is 2.44. The van der Waals surface area contributed by atoms with E-state index in [4.69, 9.17) is 0 Å². The number of carbonyl (C=O) groups excluding carboxylic acids is 1. The van der Waals surface area contributed by atoms with Crippen molar-refractivity contribution in [1.29, 1.82) is 0 Å². The van der Waals surface area contributed by atoms with Gasteiger partial charge in [0.05, 0.1) is 16.8 Å². The summed E-state index contributed by atoms with van der Waals surface area (Å²) in [5, 5.41) is 3.31. The number of nitrogens with zero attached hydrogens (tertiary/aromatic N) is 2. The van der Waals surface area contributed by atoms with Gasteiger partial charge in [-0.05, 0) is 64.2 Å². The van der Waals surface area contributed by atoms with Crippen LogP contribution < -0.4 is 10.9 Å². The van der Waals surface area contributed by atoms with Crippen molar-refractivity contribution in [3.05, 3.63) is 147 Å². The zero-order chi connectivity index (χ0) is 30.8. The minimum Gasteiger partial charge on any atom is -0.287 e. The molecule has 0 aliphatic carbocycles. The third-order valence-corrected chi connectivity index (χ3v) is 7.89. The van der Waals surface area contributed by atoms with Crippen LogP contribution in [0.2, 0.25) is 0 Å². The van der Waals surface area contributed by atoms with Crippen LogP contribution in [0.25, 0.3) is 17.8 Å². The van der Waals surface area contributed by atoms with E-state index in [0.717, 1.165) is 41.0 Å². The predicted molar refractivity (Wildman–Crippen MR) is 151 cm³/mol. The number of Topliss-reactive ketones (excluding diaryl/α,β-unsaturated/α-hetero) is 1. The molecule has 0 bridgehead atoms. The van der Waals surface area contributed by atoms with Gasteiger partial charge in [-0.2, -0.15) is 26.3 Å². The zero-order valence-electron chi connectivity index (χ0n) is 22.6. The molecule has 0 amide bonds. The summed E-state index contributed by atoms with van der Waals surface area (Å²) in [4.78, 5) is 13.9. The van der Waals surface area contributed by atoms with E-state index in [-0.39, 0.29) is 11.3 Å². The average Bonchev–Trinajstić information content (AvgIpc) is 3.02. The smallest absolute Gasteiger partial charge is 0.287 e. The second-order valence-corrected chi connectivity index (χ2v) is 10.6. The van der Waals surface area contributed by atoms with Gasteiger partial charge in [-0.15, -0.1) is 0 Å². The number of carbonyl (C=O) groups is 1. The molecule has 44 heavy (non-hydrogen) atoms. The number of ketones is 1. The maximum Gasteiger partial charge on any atom is 0.416 e. The molecule has 222 valence electrons. The van der Waals surface area contributed by atoms with Gasteiger partial charge in [0.15, 0.2) is 0 Å². The van der Waals surface area contributed by atoms with Crippen molar-refractivity contribution < 1.29 is 31.1 Å². The fourth-order valence-corrected chi connectivity index (χ4v) is 5.82. The molecule has 1 fully saturated rings. The van der Waals surface area contributed by atoms with Gasteiger partial charge in [0.1, 0.15) is 18.0 Å². The fraction of sp³-hybridized carbons (Fsp3) is 0.121. The van der Waals surface area contributed by atoms with Gasteiger partial charge in [0.2, 0.25) is 5.78 Å². The largest absolute Gasteiger partial charge is 0.416 e. The molecule has 3 aliphatic rings. The molecular formula is C33H22F6N4O. The van der Waals surface area contributed by atoms with Crippen LogP contribution in [0.5, 0.6) is 0 Å². The summed E-state index contributed by atoms with van der Waals surface area (Å²) in [6.45, 7) is 0. The van der Waals surface area contributed by atoms with Crippen molar-refractivity contribution in [2.75, 3.05) is 0 Å². The molecule has 2 N–H and O–H groups in total. The van der Waals surface area contributed by atoms with Crippen molar-refractivity contribution in [1.82, 2.24) is 20.9 Å². The number of benzene rings is 4. The normalized spacial score (nSPS) is 19.2. The van der Waals surface area contributed by atoms with Gasteiger partial charge in [0.25, 0.3) is 0 Å². The lowest BCUT2D eigenvalue weighted by molar-refractivity contribution is -0.138. The Kier molecular flexibility index (Phi) is 6.41. The van der Waals surface area contributed by atoms with E-state index in [2.05, 4.69) is 10.9 Å². The average molecular weight is 605 g/mol. The number of hydrogen-bond acceptors (Lipinski definition) is 5. The van der Waals surface area contributed by atoms with E-state index in [1.54, 1.807) is 40.4 Å². The summed E-state index contributed by atoms with van der Waals surface area (Å²) in [6.07, 6.45) is -7.19. The summed E-state index contributed by atoms with van der Waals surface area (Å²) in [7, 11) is 0. The first kappa shape index (κ1) is 27.9. The number of hydrogen-bond donors (Lipinski definition) is 2. The molecule has 2 atom stereocenters. The zero-order valence-corrected chi connectivity index (χ0v) is 22.6. The van der Waals surface area contributed by atoms with Crippen molar-refractivity contribution in [2.24, 2.45) is 0 Å². The van der Waals surface area contributed by atoms with Crippen molar-refractivity contribution in [2.45, 2.75) is 24.7 Å². The van der Waals surface area contributed by atoms with E-state index >= 15 is 0 Å². The van der Waals surface area contributed by atoms with Crippen molar-refractivity contribution in [3.63, 3.8) is 0 Å². The molecule has 7 rings (SSSR count). The first-order chi connectivity index (χ1) is 21.0. The van der Waals surface area contributed by atoms with Crippen LogP contribution in [0.3, 0.4) is 0 Å². The minimum absolute atomic E-state index is 0.104. The Morgan fingerprint density at radius 2 is 1.16 bits per heavy atom. The van der Waals surface area contributed by atoms with Crippen LogP contribution in [0.1, 0.15) is 61.6 Å². The van der Waals surface area contributed by atoms with Crippen LogP contribution in [-0.2, 0) is 12.4 Å². The van der Waals surface area contributed by atoms with Crippen molar-refractivity contribution in [3.8, 4) is 0 Å². The molecule has 0 saturated carbocycles. The second-order valence-electron chi connectivity index (χ2n) is 10.6. The van der Waals surface area contributed by atoms with Crippen LogP contribution >= 0.6 is 0 Å². The maximum absolute atomic E-state index is 13.9. The summed E-state index contributed by atoms with van der Waals surface area (Å²) in [6, 6.07) is 23.9. The van der Waals surface area contributed by atoms with E-state index in [0.29, 0.717) is 16.8 Å². The Morgan fingerprint density at radius 1 is 0.614 bits per heavy atom. The topological polar surface area (TPSA) is 47.6 Å². The van der Waals surface area contributed by atoms with Gasteiger partial charge in [0, 0.05) is 5.56 Å². The van der Waals surface area contributed by atoms with E-state index in [1.165, 1.54) is 18.2 Å². The number of rotatable bonds is 3. The van der Waals surface area contributed by atoms with Gasteiger partial charge in [-0.1, -0.05) is 72.8 Å². The van der Waals surface area contributed by atoms with Gasteiger partial charge in [-0.25, -0.2) is 10.9 Å². The van der Waals surface area contributed by atoms with Crippen LogP contribution in [0.4, 0.5) is 26.3 Å². The third-order valence-electron chi connectivity index (χ3n) is 7.89. The molecule has 2 unspecified atom stereocenters. The number of fused-ring (bicyclic) bond motifs is 6. The van der Waals surface area contributed by atoms with E-state index < -0.39 is 41.6 Å². The Hall–Kier alpha value is -4.87. The van der Waals surface area contributed by atoms with Gasteiger partial charge < -0.3 is 0 Å². The monoisotopic (exact) mass is 604 g/mol. The first-order valence-corrected chi connectivity index (χ1v) is 13.6. The molecule has 1 saturated heterocycles. The number of hydrazine groups is 2. The molecule has 3 aliphatic heterocycles. The van der Waals surface area contributed by atoms with Crippen LogP contribution in [0.15, 0.2) is 103 Å². The van der Waals surface area contributed by atoms with Gasteiger partial charge >= 0.3 is 12.4 Å². The highest BCUT2D eigenvalue weighted by Gasteiger charge is 2.44. The Balaban J connectivity index is 1.34. The standard InChI is InChI=1S/C33H22F6N4O/c34-32(35,36)23-11-5-9-21(15-23)27-17-19-7-1-3-13-25(19)30-41-43-28(29(44)22-10-6-12-24(16-22)33(37,38)39)18-20-8-2-4-14-26(20)31(43)40-42(27)30/h1-18,30-31,40-41H. The Labute approximate surface area is 247 Å². The fourth-order valence-electron chi connectivity index (χ4n) is 5.82. The molecule has 0 aromatic heterocycles. The molecular weight excluding hydrogens is 582 g/mol. The summed E-state index contributed by atoms with van der Waals surface area (Å²) in [5.41, 5.74) is 8.74. The molecule has 11 heteroatoms. The van der Waals surface area contributed by atoms with Crippen molar-refractivity contribution >= 4 is 23.6 Å². The summed E-state index contributed by atoms with van der Waals surface area (Å²) in [5.74, 6) is -0.629. The number of nitrogens with one attached hydrogen (secondary N) is 2. The Morgan fingerprint density at radius 3 is 1.82 bits per heavy atom. The van der Waals surface area contributed by atoms with E-state index in [9.17, 15) is 31.1 Å². The number of allylic oxidation sites excluding steroid dienone is 1. The lowest BCUT2D eigenvalue weighted by atomic mass is 9.93.